The Bertz CT molecular complexity index is 150. The van der Waals surface area contributed by atoms with Crippen LogP contribution < -0.4 is 0 Å². The minimum Gasteiger partial charge on any atom is -0.340 e. The largest absolute Gasteiger partial charge is 0.340 e. The van der Waals surface area contributed by atoms with E-state index in [1.807, 2.05) is 18.7 Å². The Kier molecular flexibility index (Phi) is 2.53. The van der Waals surface area contributed by atoms with Gasteiger partial charge >= 0.3 is 0 Å². The van der Waals surface area contributed by atoms with Crippen molar-refractivity contribution in [3.63, 3.8) is 0 Å². The summed E-state index contributed by atoms with van der Waals surface area (Å²) in [5, 5.41) is 0. The number of fused-ring (bicyclic) bond motifs is 1. The molecule has 3 rings (SSSR count). The van der Waals surface area contributed by atoms with Crippen LogP contribution in [0.5, 0.6) is 0 Å². The van der Waals surface area contributed by atoms with Gasteiger partial charge in [0.15, 0.2) is 0 Å². The van der Waals surface area contributed by atoms with E-state index >= 15 is 0 Å². The molecule has 0 aromatic carbocycles. The zero-order chi connectivity index (χ0) is 8.43. The Labute approximate surface area is 68.6 Å². The third-order valence-corrected chi connectivity index (χ3v) is 2.51. The van der Waals surface area contributed by atoms with Crippen molar-refractivity contribution in [2.75, 3.05) is 6.54 Å². The van der Waals surface area contributed by atoms with Crippen molar-refractivity contribution in [1.29, 1.82) is 0 Å². The number of rotatable bonds is 0. The summed E-state index contributed by atoms with van der Waals surface area (Å²) in [5.74, 6) is 1.12. The van der Waals surface area contributed by atoms with Crippen LogP contribution in [0.1, 0.15) is 33.6 Å². The molecule has 0 atom stereocenters. The maximum Gasteiger partial charge on any atom is 0.219 e. The van der Waals surface area contributed by atoms with Crippen molar-refractivity contribution in [3.05, 3.63) is 0 Å². The summed E-state index contributed by atoms with van der Waals surface area (Å²) in [6.07, 6.45) is 2.55. The molecular formula is C9H17NO. The molecule has 1 aliphatic carbocycles. The van der Waals surface area contributed by atoms with Gasteiger partial charge in [0.25, 0.3) is 0 Å². The van der Waals surface area contributed by atoms with Crippen LogP contribution >= 0.6 is 0 Å². The fourth-order valence-corrected chi connectivity index (χ4v) is 1.92. The Morgan fingerprint density at radius 2 is 1.91 bits per heavy atom. The lowest BCUT2D eigenvalue weighted by Crippen LogP contribution is -2.32. The molecule has 0 N–H and O–H groups in total. The average Bonchev–Trinajstić information content (AvgIpc) is 2.45. The minimum absolute atomic E-state index is 0.264. The fourth-order valence-electron chi connectivity index (χ4n) is 1.92. The van der Waals surface area contributed by atoms with Gasteiger partial charge in [-0.1, -0.05) is 13.8 Å². The monoisotopic (exact) mass is 155 g/mol. The van der Waals surface area contributed by atoms with E-state index in [-0.39, 0.29) is 5.91 Å². The molecule has 2 saturated heterocycles. The zero-order valence-electron chi connectivity index (χ0n) is 7.63. The van der Waals surface area contributed by atoms with Gasteiger partial charge < -0.3 is 4.90 Å². The number of nitrogens with zero attached hydrogens (tertiary/aromatic N) is 1. The second kappa shape index (κ2) is 3.24. The molecule has 0 radical (unpaired) electrons. The second-order valence-electron chi connectivity index (χ2n) is 3.16. The molecular weight excluding hydrogens is 138 g/mol. The van der Waals surface area contributed by atoms with E-state index in [9.17, 15) is 4.79 Å². The van der Waals surface area contributed by atoms with Crippen LogP contribution in [0, 0.1) is 5.92 Å². The van der Waals surface area contributed by atoms with Crippen molar-refractivity contribution in [1.82, 2.24) is 4.90 Å². The maximum absolute atomic E-state index is 10.8. The predicted molar refractivity (Wildman–Crippen MR) is 45.2 cm³/mol. The first-order chi connectivity index (χ1) is 5.27. The Balaban J connectivity index is 0.000000281. The molecule has 0 aromatic rings. The standard InChI is InChI=1S/C7H11NO.C2H6/c1-5(9)8-4-6-2-7(8)3-6;1-2/h6-7H,2-4H2,1H3;1-2H3. The van der Waals surface area contributed by atoms with Crippen LogP contribution in [-0.2, 0) is 4.79 Å². The third-order valence-electron chi connectivity index (χ3n) is 2.51. The first kappa shape index (κ1) is 8.57. The van der Waals surface area contributed by atoms with Gasteiger partial charge in [-0.2, -0.15) is 0 Å². The van der Waals surface area contributed by atoms with Crippen LogP contribution in [0.2, 0.25) is 0 Å². The van der Waals surface area contributed by atoms with Crippen molar-refractivity contribution in [2.24, 2.45) is 5.92 Å². The molecule has 11 heavy (non-hydrogen) atoms. The van der Waals surface area contributed by atoms with Gasteiger partial charge in [-0.15, -0.1) is 0 Å². The SMILES string of the molecule is CC.CC(=O)N1CC2CC1C2. The molecule has 2 heterocycles. The quantitative estimate of drug-likeness (QED) is 0.521. The summed E-state index contributed by atoms with van der Waals surface area (Å²) in [6.45, 7) is 6.71. The maximum atomic E-state index is 10.8. The molecule has 3 fully saturated rings. The normalized spacial score (nSPS) is 32.1. The highest BCUT2D eigenvalue weighted by molar-refractivity contribution is 5.74. The number of carbonyl (C=O) groups is 1. The summed E-state index contributed by atoms with van der Waals surface area (Å²) >= 11 is 0. The van der Waals surface area contributed by atoms with Gasteiger partial charge in [0.1, 0.15) is 0 Å². The molecule has 1 amide bonds. The van der Waals surface area contributed by atoms with Gasteiger partial charge in [-0.25, -0.2) is 0 Å². The van der Waals surface area contributed by atoms with Crippen molar-refractivity contribution in [2.45, 2.75) is 39.7 Å². The fraction of sp³-hybridized carbons (Fsp3) is 0.889. The van der Waals surface area contributed by atoms with Crippen LogP contribution in [0.25, 0.3) is 0 Å². The van der Waals surface area contributed by atoms with E-state index in [1.54, 1.807) is 6.92 Å². The molecule has 0 aromatic heterocycles. The Hall–Kier alpha value is -0.530. The molecule has 64 valence electrons. The van der Waals surface area contributed by atoms with Crippen LogP contribution in [-0.4, -0.2) is 23.4 Å². The molecule has 2 bridgehead atoms. The van der Waals surface area contributed by atoms with Crippen LogP contribution in [0.3, 0.4) is 0 Å². The lowest BCUT2D eigenvalue weighted by atomic mass is 9.86. The Morgan fingerprint density at radius 1 is 1.36 bits per heavy atom. The summed E-state index contributed by atoms with van der Waals surface area (Å²) < 4.78 is 0. The molecule has 0 unspecified atom stereocenters. The molecule has 1 saturated carbocycles. The first-order valence-corrected chi connectivity index (χ1v) is 4.54. The van der Waals surface area contributed by atoms with Crippen molar-refractivity contribution < 1.29 is 4.79 Å². The van der Waals surface area contributed by atoms with Crippen LogP contribution in [0.15, 0.2) is 0 Å². The lowest BCUT2D eigenvalue weighted by Gasteiger charge is -2.24. The summed E-state index contributed by atoms with van der Waals surface area (Å²) in [4.78, 5) is 12.8. The molecule has 2 aliphatic heterocycles. The van der Waals surface area contributed by atoms with Gasteiger partial charge in [0.05, 0.1) is 0 Å². The molecule has 3 aliphatic rings. The highest BCUT2D eigenvalue weighted by Crippen LogP contribution is 2.40. The van der Waals surface area contributed by atoms with E-state index in [2.05, 4.69) is 0 Å². The van der Waals surface area contributed by atoms with E-state index in [0.717, 1.165) is 12.5 Å². The van der Waals surface area contributed by atoms with Gasteiger partial charge in [0, 0.05) is 19.5 Å². The highest BCUT2D eigenvalue weighted by Gasteiger charge is 2.43. The first-order valence-electron chi connectivity index (χ1n) is 4.54. The van der Waals surface area contributed by atoms with E-state index in [0.29, 0.717) is 6.04 Å². The van der Waals surface area contributed by atoms with Gasteiger partial charge in [-0.3, -0.25) is 4.79 Å². The predicted octanol–water partition coefficient (Wildman–Crippen LogP) is 1.65. The average molecular weight is 155 g/mol. The summed E-state index contributed by atoms with van der Waals surface area (Å²) in [7, 11) is 0. The number of hydrogen-bond acceptors (Lipinski definition) is 1. The third kappa shape index (κ3) is 1.39. The van der Waals surface area contributed by atoms with Gasteiger partial charge in [0.2, 0.25) is 5.91 Å². The molecule has 2 heteroatoms. The lowest BCUT2D eigenvalue weighted by molar-refractivity contribution is -0.128. The van der Waals surface area contributed by atoms with Crippen molar-refractivity contribution >= 4 is 5.91 Å². The van der Waals surface area contributed by atoms with E-state index in [4.69, 9.17) is 0 Å². The molecule has 2 nitrogen and oxygen atoms in total. The minimum atomic E-state index is 0.264. The van der Waals surface area contributed by atoms with Gasteiger partial charge in [-0.05, 0) is 18.8 Å². The smallest absolute Gasteiger partial charge is 0.219 e. The number of amides is 1. The van der Waals surface area contributed by atoms with E-state index < -0.39 is 0 Å². The molecule has 0 spiro atoms. The second-order valence-corrected chi connectivity index (χ2v) is 3.16. The topological polar surface area (TPSA) is 20.3 Å². The number of carbonyl (C=O) groups excluding carboxylic acids is 1. The van der Waals surface area contributed by atoms with E-state index in [1.165, 1.54) is 12.8 Å². The Morgan fingerprint density at radius 3 is 2.09 bits per heavy atom. The summed E-state index contributed by atoms with van der Waals surface area (Å²) in [6, 6.07) is 0.632. The van der Waals surface area contributed by atoms with Crippen molar-refractivity contribution in [3.8, 4) is 0 Å². The zero-order valence-corrected chi connectivity index (χ0v) is 7.63. The van der Waals surface area contributed by atoms with Crippen LogP contribution in [0.4, 0.5) is 0 Å². The highest BCUT2D eigenvalue weighted by atomic mass is 16.2. The number of hydrogen-bond donors (Lipinski definition) is 0. The summed E-state index contributed by atoms with van der Waals surface area (Å²) in [5.41, 5.74) is 0.